The first-order chi connectivity index (χ1) is 10.6. The first kappa shape index (κ1) is 15.6. The molecule has 0 N–H and O–H groups in total. The summed E-state index contributed by atoms with van der Waals surface area (Å²) in [5, 5.41) is -0.356. The molecule has 1 aromatic heterocycles. The summed E-state index contributed by atoms with van der Waals surface area (Å²) < 4.78 is 30.0. The largest absolute Gasteiger partial charge is 0.468 e. The van der Waals surface area contributed by atoms with Crippen LogP contribution in [-0.2, 0) is 20.4 Å². The second-order valence-corrected chi connectivity index (χ2v) is 8.67. The third kappa shape index (κ3) is 3.37. The summed E-state index contributed by atoms with van der Waals surface area (Å²) in [6.45, 7) is 1.13. The monoisotopic (exact) mass is 325 g/mol. The summed E-state index contributed by atoms with van der Waals surface area (Å²) in [7, 11) is -3.21. The topological polar surface area (TPSA) is 67.6 Å². The maximum absolute atomic E-state index is 12.4. The fourth-order valence-electron chi connectivity index (χ4n) is 3.58. The minimum absolute atomic E-state index is 0.0404. The number of sulfone groups is 1. The Morgan fingerprint density at radius 2 is 1.86 bits per heavy atom. The Morgan fingerprint density at radius 3 is 2.45 bits per heavy atom. The van der Waals surface area contributed by atoms with Gasteiger partial charge in [-0.15, -0.1) is 0 Å². The molecule has 1 amide bonds. The minimum atomic E-state index is -3.21. The second kappa shape index (κ2) is 6.44. The van der Waals surface area contributed by atoms with Crippen molar-refractivity contribution >= 4 is 15.7 Å². The predicted molar refractivity (Wildman–Crippen MR) is 82.9 cm³/mol. The lowest BCUT2D eigenvalue weighted by Gasteiger charge is -2.33. The van der Waals surface area contributed by atoms with Gasteiger partial charge in [0.15, 0.2) is 9.84 Å². The number of nitrogens with zero attached hydrogens (tertiary/aromatic N) is 1. The molecule has 0 bridgehead atoms. The van der Waals surface area contributed by atoms with Crippen LogP contribution in [0.3, 0.4) is 0 Å². The summed E-state index contributed by atoms with van der Waals surface area (Å²) >= 11 is 0. The van der Waals surface area contributed by atoms with E-state index < -0.39 is 9.84 Å². The molecular formula is C16H23NO4S. The van der Waals surface area contributed by atoms with E-state index in [1.807, 2.05) is 4.90 Å². The van der Waals surface area contributed by atoms with Crippen LogP contribution in [0.25, 0.3) is 0 Å². The van der Waals surface area contributed by atoms with Crippen molar-refractivity contribution in [1.82, 2.24) is 4.90 Å². The van der Waals surface area contributed by atoms with Gasteiger partial charge in [0.2, 0.25) is 5.91 Å². The molecule has 0 atom stereocenters. The summed E-state index contributed by atoms with van der Waals surface area (Å²) in [5.41, 5.74) is 0. The molecule has 0 spiro atoms. The average molecular weight is 325 g/mol. The number of likely N-dealkylation sites (tertiary alicyclic amines) is 1. The van der Waals surface area contributed by atoms with Crippen LogP contribution in [0.4, 0.5) is 0 Å². The molecule has 1 aromatic rings. The van der Waals surface area contributed by atoms with Crippen LogP contribution in [0.15, 0.2) is 22.8 Å². The molecule has 1 saturated heterocycles. The third-order valence-corrected chi connectivity index (χ3v) is 7.06. The van der Waals surface area contributed by atoms with Crippen LogP contribution in [0, 0.1) is 5.92 Å². The Morgan fingerprint density at radius 1 is 1.18 bits per heavy atom. The van der Waals surface area contributed by atoms with Gasteiger partial charge in [-0.05, 0) is 37.8 Å². The maximum atomic E-state index is 12.4. The fraction of sp³-hybridized carbons (Fsp3) is 0.688. The number of furan rings is 1. The first-order valence-electron chi connectivity index (χ1n) is 8.09. The van der Waals surface area contributed by atoms with Crippen molar-refractivity contribution in [3.8, 4) is 0 Å². The van der Waals surface area contributed by atoms with Gasteiger partial charge in [0.05, 0.1) is 11.5 Å². The summed E-state index contributed by atoms with van der Waals surface area (Å²) in [6, 6.07) is 3.39. The SMILES string of the molecule is O=C(C1CCCC1)N1CCC(S(=O)(=O)Cc2ccco2)CC1. The lowest BCUT2D eigenvalue weighted by Crippen LogP contribution is -2.44. The van der Waals surface area contributed by atoms with E-state index in [1.54, 1.807) is 12.1 Å². The van der Waals surface area contributed by atoms with Crippen molar-refractivity contribution in [2.24, 2.45) is 5.92 Å². The van der Waals surface area contributed by atoms with Gasteiger partial charge < -0.3 is 9.32 Å². The number of carbonyl (C=O) groups is 1. The highest BCUT2D eigenvalue weighted by Crippen LogP contribution is 2.29. The van der Waals surface area contributed by atoms with Crippen LogP contribution in [-0.4, -0.2) is 37.6 Å². The predicted octanol–water partition coefficient (Wildman–Crippen LogP) is 2.38. The van der Waals surface area contributed by atoms with Crippen molar-refractivity contribution in [2.75, 3.05) is 13.1 Å². The first-order valence-corrected chi connectivity index (χ1v) is 9.80. The Balaban J connectivity index is 1.55. The molecule has 6 heteroatoms. The van der Waals surface area contributed by atoms with Gasteiger partial charge in [-0.25, -0.2) is 8.42 Å². The van der Waals surface area contributed by atoms with Crippen LogP contribution >= 0.6 is 0 Å². The highest BCUT2D eigenvalue weighted by Gasteiger charge is 2.34. The Hall–Kier alpha value is -1.30. The molecule has 0 unspecified atom stereocenters. The van der Waals surface area contributed by atoms with E-state index in [9.17, 15) is 13.2 Å². The van der Waals surface area contributed by atoms with E-state index >= 15 is 0 Å². The molecule has 122 valence electrons. The molecule has 1 aliphatic heterocycles. The van der Waals surface area contributed by atoms with E-state index in [0.717, 1.165) is 25.7 Å². The van der Waals surface area contributed by atoms with Gasteiger partial charge in [0, 0.05) is 19.0 Å². The van der Waals surface area contributed by atoms with Gasteiger partial charge in [-0.2, -0.15) is 0 Å². The molecule has 5 nitrogen and oxygen atoms in total. The van der Waals surface area contributed by atoms with Crippen molar-refractivity contribution in [3.63, 3.8) is 0 Å². The van der Waals surface area contributed by atoms with Crippen LogP contribution < -0.4 is 0 Å². The molecule has 1 saturated carbocycles. The zero-order valence-electron chi connectivity index (χ0n) is 12.7. The number of hydrogen-bond acceptors (Lipinski definition) is 4. The van der Waals surface area contributed by atoms with Gasteiger partial charge in [-0.1, -0.05) is 12.8 Å². The molecular weight excluding hydrogens is 302 g/mol. The minimum Gasteiger partial charge on any atom is -0.468 e. The molecule has 0 radical (unpaired) electrons. The lowest BCUT2D eigenvalue weighted by molar-refractivity contribution is -0.136. The van der Waals surface area contributed by atoms with Gasteiger partial charge in [-0.3, -0.25) is 4.79 Å². The zero-order valence-corrected chi connectivity index (χ0v) is 13.6. The fourth-order valence-corrected chi connectivity index (χ4v) is 5.30. The number of amides is 1. The van der Waals surface area contributed by atoms with E-state index in [4.69, 9.17) is 4.42 Å². The van der Waals surface area contributed by atoms with Crippen molar-refractivity contribution < 1.29 is 17.6 Å². The third-order valence-electron chi connectivity index (χ3n) is 4.89. The normalized spacial score (nSPS) is 21.4. The molecule has 2 aliphatic rings. The second-order valence-electron chi connectivity index (χ2n) is 6.39. The molecule has 22 heavy (non-hydrogen) atoms. The molecule has 3 rings (SSSR count). The van der Waals surface area contributed by atoms with E-state index in [1.165, 1.54) is 6.26 Å². The van der Waals surface area contributed by atoms with Gasteiger partial charge in [0.1, 0.15) is 11.5 Å². The highest BCUT2D eigenvalue weighted by atomic mass is 32.2. The van der Waals surface area contributed by atoms with Gasteiger partial charge in [0.25, 0.3) is 0 Å². The number of rotatable bonds is 4. The van der Waals surface area contributed by atoms with Crippen molar-refractivity contribution in [2.45, 2.75) is 49.5 Å². The maximum Gasteiger partial charge on any atom is 0.225 e. The van der Waals surface area contributed by atoms with Crippen molar-refractivity contribution in [3.05, 3.63) is 24.2 Å². The smallest absolute Gasteiger partial charge is 0.225 e. The van der Waals surface area contributed by atoms with Crippen LogP contribution in [0.5, 0.6) is 0 Å². The number of piperidine rings is 1. The number of carbonyl (C=O) groups excluding carboxylic acids is 1. The van der Waals surface area contributed by atoms with Crippen LogP contribution in [0.2, 0.25) is 0 Å². The Bertz CT molecular complexity index is 594. The van der Waals surface area contributed by atoms with Gasteiger partial charge >= 0.3 is 0 Å². The summed E-state index contributed by atoms with van der Waals surface area (Å²) in [5.74, 6) is 0.862. The van der Waals surface area contributed by atoms with Crippen molar-refractivity contribution in [1.29, 1.82) is 0 Å². The van der Waals surface area contributed by atoms with E-state index in [-0.39, 0.29) is 22.8 Å². The summed E-state index contributed by atoms with van der Waals surface area (Å²) in [4.78, 5) is 14.2. The average Bonchev–Trinajstić information content (AvgIpc) is 3.19. The van der Waals surface area contributed by atoms with E-state index in [0.29, 0.717) is 31.7 Å². The lowest BCUT2D eigenvalue weighted by atomic mass is 10.0. The van der Waals surface area contributed by atoms with E-state index in [2.05, 4.69) is 0 Å². The Kier molecular flexibility index (Phi) is 4.57. The highest BCUT2D eigenvalue weighted by molar-refractivity contribution is 7.91. The molecule has 1 aliphatic carbocycles. The van der Waals surface area contributed by atoms with Crippen LogP contribution in [0.1, 0.15) is 44.3 Å². The standard InChI is InChI=1S/C16H23NO4S/c18-16(13-4-1-2-5-13)17-9-7-15(8-10-17)22(19,20)12-14-6-3-11-21-14/h3,6,11,13,15H,1-2,4-5,7-10,12H2. The summed E-state index contributed by atoms with van der Waals surface area (Å²) in [6.07, 6.45) is 6.86. The molecule has 2 fully saturated rings. The molecule has 2 heterocycles. The molecule has 0 aromatic carbocycles. The zero-order chi connectivity index (χ0) is 15.6. The quantitative estimate of drug-likeness (QED) is 0.852. The Labute approximate surface area is 131 Å². The number of hydrogen-bond donors (Lipinski definition) is 0.